The summed E-state index contributed by atoms with van der Waals surface area (Å²) in [6.45, 7) is 0.0263. The lowest BCUT2D eigenvalue weighted by molar-refractivity contribution is -0.137. The van der Waals surface area contributed by atoms with Gasteiger partial charge in [-0.15, -0.1) is 11.3 Å². The molecule has 0 unspecified atom stereocenters. The first-order chi connectivity index (χ1) is 12.9. The number of ether oxygens (including phenoxy) is 1. The summed E-state index contributed by atoms with van der Waals surface area (Å²) in [7, 11) is 1.59. The van der Waals surface area contributed by atoms with E-state index in [4.69, 9.17) is 4.74 Å². The molecule has 3 aromatic rings. The van der Waals surface area contributed by atoms with Crippen LogP contribution in [0.4, 0.5) is 13.2 Å². The summed E-state index contributed by atoms with van der Waals surface area (Å²) in [5.74, 6) is 0.423. The van der Waals surface area contributed by atoms with E-state index in [1.807, 2.05) is 30.3 Å². The summed E-state index contributed by atoms with van der Waals surface area (Å²) in [5.41, 5.74) is 0.620. The third-order valence-corrected chi connectivity index (χ3v) is 5.04. The Hall–Kier alpha value is -2.80. The van der Waals surface area contributed by atoms with Gasteiger partial charge in [0.25, 0.3) is 5.91 Å². The first-order valence-corrected chi connectivity index (χ1v) is 8.87. The van der Waals surface area contributed by atoms with E-state index < -0.39 is 11.7 Å². The summed E-state index contributed by atoms with van der Waals surface area (Å²) < 4.78 is 43.4. The number of hydrogen-bond acceptors (Lipinski definition) is 3. The molecule has 2 aromatic carbocycles. The molecule has 0 aliphatic heterocycles. The van der Waals surface area contributed by atoms with Crippen molar-refractivity contribution in [1.29, 1.82) is 0 Å². The minimum Gasteiger partial charge on any atom is -0.497 e. The highest BCUT2D eigenvalue weighted by Gasteiger charge is 2.30. The number of carbonyl (C=O) groups excluding carboxylic acids is 1. The predicted molar refractivity (Wildman–Crippen MR) is 98.9 cm³/mol. The van der Waals surface area contributed by atoms with Crippen LogP contribution in [0.25, 0.3) is 10.4 Å². The lowest BCUT2D eigenvalue weighted by Crippen LogP contribution is -2.22. The van der Waals surface area contributed by atoms with Gasteiger partial charge in [0.05, 0.1) is 17.6 Å². The van der Waals surface area contributed by atoms with E-state index in [1.165, 1.54) is 17.4 Å². The van der Waals surface area contributed by atoms with Crippen molar-refractivity contribution in [2.75, 3.05) is 7.11 Å². The molecule has 140 valence electrons. The van der Waals surface area contributed by atoms with E-state index in [0.717, 1.165) is 28.3 Å². The van der Waals surface area contributed by atoms with Crippen molar-refractivity contribution in [3.8, 4) is 16.2 Å². The molecule has 0 saturated heterocycles. The lowest BCUT2D eigenvalue weighted by Gasteiger charge is -2.09. The SMILES string of the molecule is COc1ccc(-c2ccc(C(=O)NCc3cccc(C(F)(F)F)c3)s2)cc1. The van der Waals surface area contributed by atoms with E-state index in [0.29, 0.717) is 10.4 Å². The third kappa shape index (κ3) is 4.68. The number of hydrogen-bond donors (Lipinski definition) is 1. The molecule has 1 N–H and O–H groups in total. The second-order valence-corrected chi connectivity index (χ2v) is 6.86. The summed E-state index contributed by atoms with van der Waals surface area (Å²) in [6, 6.07) is 15.9. The number of halogens is 3. The largest absolute Gasteiger partial charge is 0.497 e. The zero-order valence-electron chi connectivity index (χ0n) is 14.3. The number of alkyl halides is 3. The Bertz CT molecular complexity index is 933. The number of carbonyl (C=O) groups is 1. The van der Waals surface area contributed by atoms with Crippen molar-refractivity contribution in [2.45, 2.75) is 12.7 Å². The van der Waals surface area contributed by atoms with Crippen LogP contribution in [0.15, 0.2) is 60.7 Å². The van der Waals surface area contributed by atoms with Crippen LogP contribution in [0.1, 0.15) is 20.8 Å². The highest BCUT2D eigenvalue weighted by atomic mass is 32.1. The van der Waals surface area contributed by atoms with Crippen LogP contribution in [0, 0.1) is 0 Å². The molecular formula is C20H16F3NO2S. The van der Waals surface area contributed by atoms with Crippen molar-refractivity contribution >= 4 is 17.2 Å². The molecule has 3 nitrogen and oxygen atoms in total. The fourth-order valence-electron chi connectivity index (χ4n) is 2.50. The van der Waals surface area contributed by atoms with Crippen LogP contribution >= 0.6 is 11.3 Å². The van der Waals surface area contributed by atoms with Crippen LogP contribution in [0.2, 0.25) is 0 Å². The maximum absolute atomic E-state index is 12.7. The van der Waals surface area contributed by atoms with Gasteiger partial charge in [-0.05, 0) is 59.7 Å². The minimum absolute atomic E-state index is 0.0263. The number of thiophene rings is 1. The molecule has 0 aliphatic carbocycles. The van der Waals surface area contributed by atoms with Gasteiger partial charge in [0, 0.05) is 11.4 Å². The molecule has 1 aromatic heterocycles. The fourth-order valence-corrected chi connectivity index (χ4v) is 3.43. The quantitative estimate of drug-likeness (QED) is 0.635. The second kappa shape index (κ2) is 7.84. The number of rotatable bonds is 5. The Balaban J connectivity index is 1.66. The molecule has 7 heteroatoms. The highest BCUT2D eigenvalue weighted by molar-refractivity contribution is 7.17. The molecule has 0 aliphatic rings. The van der Waals surface area contributed by atoms with Crippen molar-refractivity contribution in [3.63, 3.8) is 0 Å². The van der Waals surface area contributed by atoms with Crippen LogP contribution in [-0.4, -0.2) is 13.0 Å². The minimum atomic E-state index is -4.40. The second-order valence-electron chi connectivity index (χ2n) is 5.77. The van der Waals surface area contributed by atoms with Gasteiger partial charge < -0.3 is 10.1 Å². The average molecular weight is 391 g/mol. The Morgan fingerprint density at radius 2 is 1.81 bits per heavy atom. The fraction of sp³-hybridized carbons (Fsp3) is 0.150. The topological polar surface area (TPSA) is 38.3 Å². The van der Waals surface area contributed by atoms with Gasteiger partial charge in [0.2, 0.25) is 0 Å². The molecule has 0 spiro atoms. The zero-order chi connectivity index (χ0) is 19.4. The molecule has 0 saturated carbocycles. The Labute approximate surface area is 158 Å². The zero-order valence-corrected chi connectivity index (χ0v) is 15.2. The van der Waals surface area contributed by atoms with Gasteiger partial charge >= 0.3 is 6.18 Å². The molecule has 27 heavy (non-hydrogen) atoms. The maximum Gasteiger partial charge on any atom is 0.416 e. The number of benzene rings is 2. The Kier molecular flexibility index (Phi) is 5.51. The van der Waals surface area contributed by atoms with Crippen LogP contribution in [0.3, 0.4) is 0 Å². The van der Waals surface area contributed by atoms with Gasteiger partial charge in [-0.1, -0.05) is 12.1 Å². The molecule has 0 fully saturated rings. The van der Waals surface area contributed by atoms with Crippen molar-refractivity contribution in [3.05, 3.63) is 76.7 Å². The smallest absolute Gasteiger partial charge is 0.416 e. The number of nitrogens with one attached hydrogen (secondary N) is 1. The standard InChI is InChI=1S/C20H16F3NO2S/c1-26-16-7-5-14(6-8-16)17-9-10-18(27-17)19(25)24-12-13-3-2-4-15(11-13)20(21,22)23/h2-11H,12H2,1H3,(H,24,25). The lowest BCUT2D eigenvalue weighted by atomic mass is 10.1. The van der Waals surface area contributed by atoms with E-state index >= 15 is 0 Å². The first kappa shape index (κ1) is 19.0. The van der Waals surface area contributed by atoms with E-state index in [2.05, 4.69) is 5.32 Å². The number of amides is 1. The number of methoxy groups -OCH3 is 1. The summed E-state index contributed by atoms with van der Waals surface area (Å²) >= 11 is 1.32. The summed E-state index contributed by atoms with van der Waals surface area (Å²) in [6.07, 6.45) is -4.40. The Morgan fingerprint density at radius 1 is 1.07 bits per heavy atom. The molecule has 0 atom stereocenters. The van der Waals surface area contributed by atoms with Crippen molar-refractivity contribution < 1.29 is 22.7 Å². The summed E-state index contributed by atoms with van der Waals surface area (Å²) in [5, 5.41) is 2.66. The predicted octanol–water partition coefficient (Wildman–Crippen LogP) is 5.37. The van der Waals surface area contributed by atoms with Gasteiger partial charge in [0.15, 0.2) is 0 Å². The van der Waals surface area contributed by atoms with Crippen LogP contribution in [-0.2, 0) is 12.7 Å². The molecule has 1 heterocycles. The van der Waals surface area contributed by atoms with Crippen molar-refractivity contribution in [1.82, 2.24) is 5.32 Å². The van der Waals surface area contributed by atoms with Crippen molar-refractivity contribution in [2.24, 2.45) is 0 Å². The van der Waals surface area contributed by atoms with Crippen LogP contribution in [0.5, 0.6) is 5.75 Å². The van der Waals surface area contributed by atoms with Gasteiger partial charge in [0.1, 0.15) is 5.75 Å². The highest BCUT2D eigenvalue weighted by Crippen LogP contribution is 2.30. The monoisotopic (exact) mass is 391 g/mol. The summed E-state index contributed by atoms with van der Waals surface area (Å²) in [4.78, 5) is 13.7. The molecule has 3 rings (SSSR count). The molecule has 0 radical (unpaired) electrons. The maximum atomic E-state index is 12.7. The molecule has 0 bridgehead atoms. The van der Waals surface area contributed by atoms with E-state index in [1.54, 1.807) is 19.2 Å². The van der Waals surface area contributed by atoms with Gasteiger partial charge in [-0.25, -0.2) is 0 Å². The van der Waals surface area contributed by atoms with Gasteiger partial charge in [-0.3, -0.25) is 4.79 Å². The Morgan fingerprint density at radius 3 is 2.48 bits per heavy atom. The molecule has 1 amide bonds. The van der Waals surface area contributed by atoms with Crippen LogP contribution < -0.4 is 10.1 Å². The molecular weight excluding hydrogens is 375 g/mol. The third-order valence-electron chi connectivity index (χ3n) is 3.91. The van der Waals surface area contributed by atoms with E-state index in [9.17, 15) is 18.0 Å². The van der Waals surface area contributed by atoms with Gasteiger partial charge in [-0.2, -0.15) is 13.2 Å². The normalized spacial score (nSPS) is 11.3. The average Bonchev–Trinajstić information content (AvgIpc) is 3.16. The first-order valence-electron chi connectivity index (χ1n) is 8.05. The van der Waals surface area contributed by atoms with E-state index in [-0.39, 0.29) is 12.5 Å².